The molecule has 1 amide bonds. The first kappa shape index (κ1) is 18.2. The molecule has 0 heterocycles. The van der Waals surface area contributed by atoms with E-state index in [4.69, 9.17) is 4.74 Å². The molecule has 0 spiro atoms. The molecule has 0 fully saturated rings. The van der Waals surface area contributed by atoms with Gasteiger partial charge in [-0.2, -0.15) is 0 Å². The van der Waals surface area contributed by atoms with Gasteiger partial charge in [-0.25, -0.2) is 0 Å². The first-order chi connectivity index (χ1) is 10.2. The van der Waals surface area contributed by atoms with E-state index in [1.165, 1.54) is 6.92 Å². The van der Waals surface area contributed by atoms with Crippen molar-refractivity contribution in [3.8, 4) is 5.75 Å². The van der Waals surface area contributed by atoms with Crippen molar-refractivity contribution < 1.29 is 14.3 Å². The molecule has 0 atom stereocenters. The standard InChI is InChI=1S/C17H26N2O3/c1-12(20)13-6-7-15(22-5)14(10-13)11-16(21)18-8-9-19-17(2,3)4/h6-7,10,19H,8-9,11H2,1-5H3,(H,18,21). The number of hydrogen-bond acceptors (Lipinski definition) is 4. The normalized spacial score (nSPS) is 11.1. The van der Waals surface area contributed by atoms with Crippen LogP contribution in [0, 0.1) is 0 Å². The van der Waals surface area contributed by atoms with Crippen molar-refractivity contribution >= 4 is 11.7 Å². The highest BCUT2D eigenvalue weighted by molar-refractivity contribution is 5.94. The van der Waals surface area contributed by atoms with Crippen LogP contribution in [0.25, 0.3) is 0 Å². The van der Waals surface area contributed by atoms with E-state index in [9.17, 15) is 9.59 Å². The van der Waals surface area contributed by atoms with Gasteiger partial charge in [-0.3, -0.25) is 9.59 Å². The number of methoxy groups -OCH3 is 1. The summed E-state index contributed by atoms with van der Waals surface area (Å²) in [6.07, 6.45) is 0.194. The van der Waals surface area contributed by atoms with Crippen LogP contribution in [0.5, 0.6) is 5.75 Å². The summed E-state index contributed by atoms with van der Waals surface area (Å²) in [4.78, 5) is 23.4. The number of nitrogens with one attached hydrogen (secondary N) is 2. The molecule has 0 aliphatic carbocycles. The smallest absolute Gasteiger partial charge is 0.224 e. The maximum absolute atomic E-state index is 12.0. The Morgan fingerprint density at radius 1 is 1.18 bits per heavy atom. The minimum atomic E-state index is -0.0882. The van der Waals surface area contributed by atoms with E-state index >= 15 is 0 Å². The van der Waals surface area contributed by atoms with Crippen LogP contribution < -0.4 is 15.4 Å². The quantitative estimate of drug-likeness (QED) is 0.597. The Morgan fingerprint density at radius 2 is 1.86 bits per heavy atom. The van der Waals surface area contributed by atoms with E-state index in [1.807, 2.05) is 0 Å². The molecule has 1 aromatic carbocycles. The number of carbonyl (C=O) groups is 2. The van der Waals surface area contributed by atoms with Gasteiger partial charge in [0.05, 0.1) is 13.5 Å². The molecule has 0 unspecified atom stereocenters. The summed E-state index contributed by atoms with van der Waals surface area (Å²) in [6, 6.07) is 5.14. The van der Waals surface area contributed by atoms with E-state index in [-0.39, 0.29) is 23.7 Å². The number of hydrogen-bond donors (Lipinski definition) is 2. The summed E-state index contributed by atoms with van der Waals surface area (Å²) in [5, 5.41) is 6.17. The molecule has 0 radical (unpaired) electrons. The Hall–Kier alpha value is -1.88. The van der Waals surface area contributed by atoms with Crippen LogP contribution in [0.2, 0.25) is 0 Å². The second-order valence-electron chi connectivity index (χ2n) is 6.29. The molecule has 0 bridgehead atoms. The van der Waals surface area contributed by atoms with Gasteiger partial charge in [0.1, 0.15) is 5.75 Å². The zero-order chi connectivity index (χ0) is 16.8. The number of rotatable bonds is 7. The lowest BCUT2D eigenvalue weighted by Crippen LogP contribution is -2.41. The van der Waals surface area contributed by atoms with E-state index in [2.05, 4.69) is 31.4 Å². The summed E-state index contributed by atoms with van der Waals surface area (Å²) in [5.41, 5.74) is 1.33. The summed E-state index contributed by atoms with van der Waals surface area (Å²) in [5.74, 6) is 0.501. The Kier molecular flexibility index (Phi) is 6.56. The van der Waals surface area contributed by atoms with Gasteiger partial charge in [0.25, 0.3) is 0 Å². The molecule has 0 saturated heterocycles. The number of benzene rings is 1. The third-order valence-corrected chi connectivity index (χ3v) is 3.14. The van der Waals surface area contributed by atoms with Crippen LogP contribution in [0.15, 0.2) is 18.2 Å². The topological polar surface area (TPSA) is 67.4 Å². The number of amides is 1. The number of Topliss-reactive ketones (excluding diaryl/α,β-unsaturated/α-hetero) is 1. The van der Waals surface area contributed by atoms with Gasteiger partial charge in [-0.1, -0.05) is 0 Å². The van der Waals surface area contributed by atoms with Crippen molar-refractivity contribution in [1.82, 2.24) is 10.6 Å². The molecule has 122 valence electrons. The van der Waals surface area contributed by atoms with Crippen molar-refractivity contribution in [1.29, 1.82) is 0 Å². The second kappa shape index (κ2) is 7.94. The zero-order valence-electron chi connectivity index (χ0n) is 14.1. The van der Waals surface area contributed by atoms with Gasteiger partial charge >= 0.3 is 0 Å². The molecule has 5 heteroatoms. The molecule has 1 rings (SSSR count). The lowest BCUT2D eigenvalue weighted by molar-refractivity contribution is -0.120. The molecule has 1 aromatic rings. The first-order valence-corrected chi connectivity index (χ1v) is 7.42. The first-order valence-electron chi connectivity index (χ1n) is 7.42. The number of ether oxygens (including phenoxy) is 1. The third kappa shape index (κ3) is 6.26. The van der Waals surface area contributed by atoms with Crippen LogP contribution in [-0.4, -0.2) is 37.4 Å². The van der Waals surface area contributed by atoms with Crippen molar-refractivity contribution in [2.45, 2.75) is 39.7 Å². The highest BCUT2D eigenvalue weighted by Gasteiger charge is 2.12. The molecule has 0 aliphatic rings. The predicted octanol–water partition coefficient (Wildman–Crippen LogP) is 1.94. The molecule has 2 N–H and O–H groups in total. The lowest BCUT2D eigenvalue weighted by Gasteiger charge is -2.20. The zero-order valence-corrected chi connectivity index (χ0v) is 14.1. The second-order valence-corrected chi connectivity index (χ2v) is 6.29. The van der Waals surface area contributed by atoms with Gasteiger partial charge < -0.3 is 15.4 Å². The Bertz CT molecular complexity index is 533. The van der Waals surface area contributed by atoms with Gasteiger partial charge in [0.15, 0.2) is 5.78 Å². The predicted molar refractivity (Wildman–Crippen MR) is 87.5 cm³/mol. The van der Waals surface area contributed by atoms with Gasteiger partial charge in [-0.05, 0) is 45.9 Å². The highest BCUT2D eigenvalue weighted by atomic mass is 16.5. The average molecular weight is 306 g/mol. The van der Waals surface area contributed by atoms with Crippen LogP contribution >= 0.6 is 0 Å². The fourth-order valence-electron chi connectivity index (χ4n) is 2.01. The average Bonchev–Trinajstić information content (AvgIpc) is 2.42. The van der Waals surface area contributed by atoms with E-state index in [0.29, 0.717) is 24.4 Å². The van der Waals surface area contributed by atoms with E-state index in [1.54, 1.807) is 25.3 Å². The van der Waals surface area contributed by atoms with Crippen molar-refractivity contribution in [2.24, 2.45) is 0 Å². The molecule has 22 heavy (non-hydrogen) atoms. The van der Waals surface area contributed by atoms with Gasteiger partial charge in [0, 0.05) is 29.8 Å². The van der Waals surface area contributed by atoms with Crippen LogP contribution in [0.3, 0.4) is 0 Å². The summed E-state index contributed by atoms with van der Waals surface area (Å²) in [7, 11) is 1.55. The number of ketones is 1. The van der Waals surface area contributed by atoms with Crippen molar-refractivity contribution in [3.05, 3.63) is 29.3 Å². The minimum absolute atomic E-state index is 0.0290. The largest absolute Gasteiger partial charge is 0.496 e. The monoisotopic (exact) mass is 306 g/mol. The highest BCUT2D eigenvalue weighted by Crippen LogP contribution is 2.20. The fourth-order valence-corrected chi connectivity index (χ4v) is 2.01. The van der Waals surface area contributed by atoms with Gasteiger partial charge in [0.2, 0.25) is 5.91 Å². The third-order valence-electron chi connectivity index (χ3n) is 3.14. The summed E-state index contributed by atoms with van der Waals surface area (Å²) < 4.78 is 5.25. The Labute approximate surface area is 132 Å². The molecule has 0 aromatic heterocycles. The summed E-state index contributed by atoms with van der Waals surface area (Å²) >= 11 is 0. The SMILES string of the molecule is COc1ccc(C(C)=O)cc1CC(=O)NCCNC(C)(C)C. The van der Waals surface area contributed by atoms with Crippen LogP contribution in [-0.2, 0) is 11.2 Å². The molecule has 0 aliphatic heterocycles. The van der Waals surface area contributed by atoms with Crippen LogP contribution in [0.1, 0.15) is 43.6 Å². The Balaban J connectivity index is 2.59. The molecular formula is C17H26N2O3. The summed E-state index contributed by atoms with van der Waals surface area (Å²) in [6.45, 7) is 9.00. The molecule has 5 nitrogen and oxygen atoms in total. The Morgan fingerprint density at radius 3 is 2.41 bits per heavy atom. The molecular weight excluding hydrogens is 280 g/mol. The number of carbonyl (C=O) groups excluding carboxylic acids is 2. The van der Waals surface area contributed by atoms with Crippen LogP contribution in [0.4, 0.5) is 0 Å². The van der Waals surface area contributed by atoms with Crippen molar-refractivity contribution in [2.75, 3.05) is 20.2 Å². The van der Waals surface area contributed by atoms with Gasteiger partial charge in [-0.15, -0.1) is 0 Å². The minimum Gasteiger partial charge on any atom is -0.496 e. The van der Waals surface area contributed by atoms with E-state index in [0.717, 1.165) is 5.56 Å². The maximum Gasteiger partial charge on any atom is 0.224 e. The fraction of sp³-hybridized carbons (Fsp3) is 0.529. The van der Waals surface area contributed by atoms with Crippen molar-refractivity contribution in [3.63, 3.8) is 0 Å². The maximum atomic E-state index is 12.0. The lowest BCUT2D eigenvalue weighted by atomic mass is 10.0. The molecule has 0 saturated carbocycles. The van der Waals surface area contributed by atoms with E-state index < -0.39 is 0 Å².